The predicted molar refractivity (Wildman–Crippen MR) is 37.9 cm³/mol. The zero-order chi connectivity index (χ0) is 6.73. The normalized spacial score (nSPS) is 12.9. The summed E-state index contributed by atoms with van der Waals surface area (Å²) in [6.45, 7) is 6.94. The van der Waals surface area contributed by atoms with Gasteiger partial charge in [-0.15, -0.1) is 0 Å². The summed E-state index contributed by atoms with van der Waals surface area (Å²) >= 11 is 3.13. The van der Waals surface area contributed by atoms with Crippen LogP contribution in [0.3, 0.4) is 0 Å². The standard InChI is InChI=1S/C6H9BrO/c1-4(5(2)7)6(3)8/h4H,2H2,1,3H3. The highest BCUT2D eigenvalue weighted by atomic mass is 79.9. The molecule has 0 rings (SSSR count). The third-order valence-electron chi connectivity index (χ3n) is 1.08. The molecule has 0 aliphatic rings. The molecule has 0 saturated heterocycles. The molecule has 0 saturated carbocycles. The van der Waals surface area contributed by atoms with E-state index in [4.69, 9.17) is 0 Å². The number of hydrogen-bond donors (Lipinski definition) is 0. The summed E-state index contributed by atoms with van der Waals surface area (Å²) in [7, 11) is 0. The molecule has 1 unspecified atom stereocenters. The number of allylic oxidation sites excluding steroid dienone is 1. The second kappa shape index (κ2) is 3.02. The molecule has 0 radical (unpaired) electrons. The molecule has 8 heavy (non-hydrogen) atoms. The highest BCUT2D eigenvalue weighted by molar-refractivity contribution is 9.11. The van der Waals surface area contributed by atoms with Gasteiger partial charge in [0.2, 0.25) is 0 Å². The van der Waals surface area contributed by atoms with Gasteiger partial charge >= 0.3 is 0 Å². The first-order chi connectivity index (χ1) is 3.55. The highest BCUT2D eigenvalue weighted by Crippen LogP contribution is 2.14. The molecule has 0 aromatic carbocycles. The van der Waals surface area contributed by atoms with Crippen molar-refractivity contribution in [1.82, 2.24) is 0 Å². The maximum absolute atomic E-state index is 10.5. The van der Waals surface area contributed by atoms with Gasteiger partial charge in [0.25, 0.3) is 0 Å². The van der Waals surface area contributed by atoms with E-state index in [2.05, 4.69) is 22.5 Å². The molecule has 0 aromatic rings. The summed E-state index contributed by atoms with van der Waals surface area (Å²) in [5.74, 6) is 0.0990. The van der Waals surface area contributed by atoms with Crippen LogP contribution in [-0.4, -0.2) is 5.78 Å². The van der Waals surface area contributed by atoms with Crippen molar-refractivity contribution in [2.24, 2.45) is 5.92 Å². The van der Waals surface area contributed by atoms with Gasteiger partial charge in [0, 0.05) is 5.92 Å². The van der Waals surface area contributed by atoms with Crippen molar-refractivity contribution < 1.29 is 4.79 Å². The molecule has 0 amide bonds. The monoisotopic (exact) mass is 176 g/mol. The molecular weight excluding hydrogens is 168 g/mol. The van der Waals surface area contributed by atoms with Crippen LogP contribution in [-0.2, 0) is 4.79 Å². The zero-order valence-corrected chi connectivity index (χ0v) is 6.66. The van der Waals surface area contributed by atoms with Gasteiger partial charge in [-0.3, -0.25) is 4.79 Å². The van der Waals surface area contributed by atoms with E-state index >= 15 is 0 Å². The van der Waals surface area contributed by atoms with E-state index < -0.39 is 0 Å². The molecule has 0 fully saturated rings. The summed E-state index contributed by atoms with van der Waals surface area (Å²) in [4.78, 5) is 10.5. The first-order valence-electron chi connectivity index (χ1n) is 2.40. The SMILES string of the molecule is C=C(Br)C(C)C(C)=O. The summed E-state index contributed by atoms with van der Waals surface area (Å²) in [5.41, 5.74) is 0. The van der Waals surface area contributed by atoms with Crippen LogP contribution in [0, 0.1) is 5.92 Å². The first kappa shape index (κ1) is 7.89. The Labute approximate surface area is 57.9 Å². The Kier molecular flexibility index (Phi) is 2.98. The van der Waals surface area contributed by atoms with Gasteiger partial charge in [-0.05, 0) is 11.4 Å². The smallest absolute Gasteiger partial charge is 0.137 e. The number of ketones is 1. The molecule has 0 heterocycles. The number of rotatable bonds is 2. The molecule has 0 bridgehead atoms. The number of carbonyl (C=O) groups excluding carboxylic acids is 1. The van der Waals surface area contributed by atoms with Crippen LogP contribution in [0.25, 0.3) is 0 Å². The topological polar surface area (TPSA) is 17.1 Å². The molecule has 0 aliphatic heterocycles. The molecule has 1 atom stereocenters. The fourth-order valence-electron chi connectivity index (χ4n) is 0.221. The second-order valence-corrected chi connectivity index (χ2v) is 2.80. The predicted octanol–water partition coefficient (Wildman–Crippen LogP) is 2.12. The first-order valence-corrected chi connectivity index (χ1v) is 3.19. The molecule has 0 spiro atoms. The lowest BCUT2D eigenvalue weighted by Crippen LogP contribution is -2.04. The van der Waals surface area contributed by atoms with Gasteiger partial charge in [0.05, 0.1) is 0 Å². The molecule has 1 nitrogen and oxygen atoms in total. The Balaban J connectivity index is 3.83. The van der Waals surface area contributed by atoms with Crippen molar-refractivity contribution in [3.8, 4) is 0 Å². The van der Waals surface area contributed by atoms with Crippen molar-refractivity contribution in [3.05, 3.63) is 11.1 Å². The molecule has 0 N–H and O–H groups in total. The molecule has 46 valence electrons. The third kappa shape index (κ3) is 2.26. The Morgan fingerprint density at radius 1 is 1.75 bits per heavy atom. The maximum atomic E-state index is 10.5. The van der Waals surface area contributed by atoms with Crippen LogP contribution < -0.4 is 0 Å². The van der Waals surface area contributed by atoms with E-state index in [1.807, 2.05) is 6.92 Å². The van der Waals surface area contributed by atoms with Crippen LogP contribution in [0.15, 0.2) is 11.1 Å². The van der Waals surface area contributed by atoms with Crippen molar-refractivity contribution in [3.63, 3.8) is 0 Å². The van der Waals surface area contributed by atoms with Gasteiger partial charge < -0.3 is 0 Å². The quantitative estimate of drug-likeness (QED) is 0.631. The lowest BCUT2D eigenvalue weighted by molar-refractivity contribution is -0.119. The van der Waals surface area contributed by atoms with E-state index in [1.165, 1.54) is 0 Å². The summed E-state index contributed by atoms with van der Waals surface area (Å²) in [6, 6.07) is 0. The lowest BCUT2D eigenvalue weighted by Gasteiger charge is -2.01. The molecule has 0 aromatic heterocycles. The third-order valence-corrected chi connectivity index (χ3v) is 1.77. The summed E-state index contributed by atoms with van der Waals surface area (Å²) in [6.07, 6.45) is 0. The van der Waals surface area contributed by atoms with E-state index in [9.17, 15) is 4.79 Å². The van der Waals surface area contributed by atoms with Crippen LogP contribution in [0.4, 0.5) is 0 Å². The van der Waals surface area contributed by atoms with E-state index in [1.54, 1.807) is 6.92 Å². The molecular formula is C6H9BrO. The van der Waals surface area contributed by atoms with Crippen LogP contribution in [0.5, 0.6) is 0 Å². The Morgan fingerprint density at radius 2 is 2.12 bits per heavy atom. The summed E-state index contributed by atoms with van der Waals surface area (Å²) in [5, 5.41) is 0. The van der Waals surface area contributed by atoms with Crippen LogP contribution in [0.2, 0.25) is 0 Å². The zero-order valence-electron chi connectivity index (χ0n) is 5.07. The van der Waals surface area contributed by atoms with Gasteiger partial charge in [-0.25, -0.2) is 0 Å². The van der Waals surface area contributed by atoms with Crippen molar-refractivity contribution >= 4 is 21.7 Å². The number of carbonyl (C=O) groups is 1. The number of halogens is 1. The van der Waals surface area contributed by atoms with Crippen molar-refractivity contribution in [2.75, 3.05) is 0 Å². The molecule has 2 heteroatoms. The second-order valence-electron chi connectivity index (χ2n) is 1.78. The Hall–Kier alpha value is -0.110. The number of Topliss-reactive ketones (excluding diaryl/α,β-unsaturated/α-hetero) is 1. The van der Waals surface area contributed by atoms with E-state index in [-0.39, 0.29) is 11.7 Å². The Bertz CT molecular complexity index is 104. The minimum atomic E-state index is -0.0463. The van der Waals surface area contributed by atoms with Crippen LogP contribution >= 0.6 is 15.9 Å². The van der Waals surface area contributed by atoms with E-state index in [0.29, 0.717) is 0 Å². The van der Waals surface area contributed by atoms with Crippen molar-refractivity contribution in [1.29, 1.82) is 0 Å². The van der Waals surface area contributed by atoms with Gasteiger partial charge in [0.15, 0.2) is 0 Å². The Morgan fingerprint density at radius 3 is 2.12 bits per heavy atom. The highest BCUT2D eigenvalue weighted by Gasteiger charge is 2.07. The van der Waals surface area contributed by atoms with Crippen LogP contribution in [0.1, 0.15) is 13.8 Å². The average Bonchev–Trinajstić information content (AvgIpc) is 1.64. The van der Waals surface area contributed by atoms with Gasteiger partial charge in [0.1, 0.15) is 5.78 Å². The number of hydrogen-bond acceptors (Lipinski definition) is 1. The minimum absolute atomic E-state index is 0.0463. The minimum Gasteiger partial charge on any atom is -0.299 e. The largest absolute Gasteiger partial charge is 0.299 e. The van der Waals surface area contributed by atoms with Gasteiger partial charge in [-0.1, -0.05) is 29.4 Å². The average molecular weight is 177 g/mol. The molecule has 0 aliphatic carbocycles. The fourth-order valence-corrected chi connectivity index (χ4v) is 0.543. The van der Waals surface area contributed by atoms with Crippen molar-refractivity contribution in [2.45, 2.75) is 13.8 Å². The summed E-state index contributed by atoms with van der Waals surface area (Å²) < 4.78 is 0.755. The van der Waals surface area contributed by atoms with E-state index in [0.717, 1.165) is 4.48 Å². The fraction of sp³-hybridized carbons (Fsp3) is 0.500. The lowest BCUT2D eigenvalue weighted by atomic mass is 10.1. The van der Waals surface area contributed by atoms with Gasteiger partial charge in [-0.2, -0.15) is 0 Å². The maximum Gasteiger partial charge on any atom is 0.137 e.